The molecule has 0 bridgehead atoms. The molecule has 0 aromatic rings. The van der Waals surface area contributed by atoms with Gasteiger partial charge in [-0.15, -0.1) is 0 Å². The van der Waals surface area contributed by atoms with Gasteiger partial charge in [0.1, 0.15) is 0 Å². The third-order valence-corrected chi connectivity index (χ3v) is 2.17. The zero-order chi connectivity index (χ0) is 22.3. The minimum absolute atomic E-state index is 0. The first-order valence-electron chi connectivity index (χ1n) is 6.85. The van der Waals surface area contributed by atoms with Crippen molar-refractivity contribution in [1.29, 1.82) is 0 Å². The van der Waals surface area contributed by atoms with Gasteiger partial charge in [-0.05, 0) is 0 Å². The van der Waals surface area contributed by atoms with Gasteiger partial charge in [0.05, 0.1) is 36.0 Å². The summed E-state index contributed by atoms with van der Waals surface area (Å²) in [5, 5.41) is 29.4. The quantitative estimate of drug-likeness (QED) is 0.176. The number of rotatable bonds is 9. The normalized spacial score (nSPS) is 11.7. The molecule has 0 rings (SSSR count). The maximum absolute atomic E-state index is 9.97. The fourth-order valence-electron chi connectivity index (χ4n) is 0.900. The third-order valence-electron chi connectivity index (χ3n) is 2.17. The van der Waals surface area contributed by atoms with E-state index in [9.17, 15) is 44.1 Å². The van der Waals surface area contributed by atoms with Crippen molar-refractivity contribution in [3.63, 3.8) is 0 Å². The Hall–Kier alpha value is -0.897. The van der Waals surface area contributed by atoms with Crippen molar-refractivity contribution >= 4 is 58.7 Å². The van der Waals surface area contributed by atoms with Crippen LogP contribution in [0.15, 0.2) is 0 Å². The molecule has 0 unspecified atom stereocenters. The number of nitrogens with two attached hydrogens (primary N) is 6. The third kappa shape index (κ3) is 32.0. The van der Waals surface area contributed by atoms with E-state index in [1.54, 1.807) is 0 Å². The van der Waals surface area contributed by atoms with Gasteiger partial charge >= 0.3 is 74.4 Å². The Balaban J connectivity index is -0.0000000960. The Morgan fingerprint density at radius 3 is 0.724 bits per heavy atom. The number of carboxylic acids is 3. The molecule has 0 aliphatic carbocycles. The van der Waals surface area contributed by atoms with Crippen molar-refractivity contribution in [2.75, 3.05) is 0 Å². The molecular weight excluding hydrogens is 436 g/mol. The molecule has 0 spiro atoms. The van der Waals surface area contributed by atoms with E-state index < -0.39 is 53.8 Å². The van der Waals surface area contributed by atoms with E-state index in [4.69, 9.17) is 17.2 Å². The topological polar surface area (TPSA) is 328 Å². The SMILES string of the molecule is NC(=O)C[C@H](N)C(=O)[O-].NC(=O)C[C@H](N)C(=O)[O-].NC(=O)C[C@H](N)C(=O)[O-].[K+].[Mg+2]. The largest absolute Gasteiger partial charge is 2.00 e. The zero-order valence-corrected chi connectivity index (χ0v) is 20.2. The number of carboxylic acid groups (broad SMARTS) is 3. The second-order valence-electron chi connectivity index (χ2n) is 4.79. The van der Waals surface area contributed by atoms with Crippen LogP contribution in [0.25, 0.3) is 0 Å². The molecule has 0 aliphatic heterocycles. The molecule has 156 valence electrons. The first-order valence-corrected chi connectivity index (χ1v) is 6.85. The molecular formula is C12H21KMgN6O9. The maximum Gasteiger partial charge on any atom is 2.00 e. The summed E-state index contributed by atoms with van der Waals surface area (Å²) in [6.45, 7) is 0. The minimum atomic E-state index is -1.46. The summed E-state index contributed by atoms with van der Waals surface area (Å²) in [4.78, 5) is 59.3. The van der Waals surface area contributed by atoms with Crippen molar-refractivity contribution in [2.24, 2.45) is 34.4 Å². The molecule has 17 heteroatoms. The van der Waals surface area contributed by atoms with E-state index in [2.05, 4.69) is 17.2 Å². The van der Waals surface area contributed by atoms with Gasteiger partial charge < -0.3 is 64.1 Å². The van der Waals surface area contributed by atoms with Crippen LogP contribution in [0.4, 0.5) is 0 Å². The summed E-state index contributed by atoms with van der Waals surface area (Å²) < 4.78 is 0. The fourth-order valence-corrected chi connectivity index (χ4v) is 0.900. The number of carbonyl (C=O) groups is 6. The van der Waals surface area contributed by atoms with Crippen LogP contribution in [0.1, 0.15) is 19.3 Å². The van der Waals surface area contributed by atoms with Crippen LogP contribution in [0.2, 0.25) is 0 Å². The Kier molecular flexibility index (Phi) is 29.1. The molecule has 0 saturated heterocycles. The Labute approximate surface area is 223 Å². The van der Waals surface area contributed by atoms with Crippen LogP contribution in [-0.2, 0) is 28.8 Å². The molecule has 29 heavy (non-hydrogen) atoms. The predicted molar refractivity (Wildman–Crippen MR) is 86.1 cm³/mol. The number of amides is 3. The summed E-state index contributed by atoms with van der Waals surface area (Å²) in [5.74, 6) is -6.62. The molecule has 0 radical (unpaired) electrons. The van der Waals surface area contributed by atoms with Crippen molar-refractivity contribution in [3.8, 4) is 0 Å². The van der Waals surface area contributed by atoms with Crippen LogP contribution in [0, 0.1) is 0 Å². The molecule has 0 saturated carbocycles. The zero-order valence-electron chi connectivity index (χ0n) is 15.7. The smallest absolute Gasteiger partial charge is 0.548 e. The van der Waals surface area contributed by atoms with Crippen LogP contribution in [0.3, 0.4) is 0 Å². The second-order valence-corrected chi connectivity index (χ2v) is 4.79. The van der Waals surface area contributed by atoms with E-state index in [1.165, 1.54) is 0 Å². The van der Waals surface area contributed by atoms with Crippen molar-refractivity contribution in [3.05, 3.63) is 0 Å². The van der Waals surface area contributed by atoms with Gasteiger partial charge in [0, 0.05) is 19.3 Å². The van der Waals surface area contributed by atoms with Gasteiger partial charge in [0.2, 0.25) is 17.7 Å². The first-order chi connectivity index (χ1) is 12.1. The Morgan fingerprint density at radius 1 is 0.552 bits per heavy atom. The number of hydrogen-bond acceptors (Lipinski definition) is 12. The van der Waals surface area contributed by atoms with Crippen LogP contribution < -0.4 is 101 Å². The minimum Gasteiger partial charge on any atom is -0.548 e. The average molecular weight is 457 g/mol. The van der Waals surface area contributed by atoms with Gasteiger partial charge in [-0.25, -0.2) is 0 Å². The first kappa shape index (κ1) is 38.7. The molecule has 0 aromatic heterocycles. The van der Waals surface area contributed by atoms with Gasteiger partial charge in [0.15, 0.2) is 0 Å². The Morgan fingerprint density at radius 2 is 0.690 bits per heavy atom. The van der Waals surface area contributed by atoms with Crippen LogP contribution >= 0.6 is 0 Å². The van der Waals surface area contributed by atoms with Crippen LogP contribution in [0.5, 0.6) is 0 Å². The molecule has 0 heterocycles. The summed E-state index contributed by atoms with van der Waals surface area (Å²) in [6, 6.07) is -3.83. The molecule has 12 N–H and O–H groups in total. The summed E-state index contributed by atoms with van der Waals surface area (Å²) >= 11 is 0. The van der Waals surface area contributed by atoms with E-state index in [0.717, 1.165) is 0 Å². The van der Waals surface area contributed by atoms with E-state index >= 15 is 0 Å². The molecule has 3 atom stereocenters. The standard InChI is InChI=1S/3C4H8N2O3.K.Mg/c3*5-2(4(8)9)1-3(6)7;;/h3*2H,1,5H2,(H2,6,7)(H,8,9);;/q;;;+1;+2/p-3/t3*2-;;/m000../s1. The molecule has 3 amide bonds. The monoisotopic (exact) mass is 456 g/mol. The molecule has 0 aliphatic rings. The average Bonchev–Trinajstić information content (AvgIpc) is 2.46. The maximum atomic E-state index is 9.97. The summed E-state index contributed by atoms with van der Waals surface area (Å²) in [5.41, 5.74) is 28.4. The van der Waals surface area contributed by atoms with Crippen molar-refractivity contribution in [2.45, 2.75) is 37.4 Å². The number of hydrogen-bond donors (Lipinski definition) is 6. The molecule has 0 fully saturated rings. The van der Waals surface area contributed by atoms with E-state index in [1.807, 2.05) is 0 Å². The Bertz CT molecular complexity index is 490. The second kappa shape index (κ2) is 21.8. The van der Waals surface area contributed by atoms with Gasteiger partial charge in [-0.2, -0.15) is 0 Å². The summed E-state index contributed by atoms with van der Waals surface area (Å²) in [7, 11) is 0. The van der Waals surface area contributed by atoms with Gasteiger partial charge in [0.25, 0.3) is 0 Å². The molecule has 0 aromatic carbocycles. The van der Waals surface area contributed by atoms with Gasteiger partial charge in [-0.3, -0.25) is 14.4 Å². The van der Waals surface area contributed by atoms with Crippen molar-refractivity contribution in [1.82, 2.24) is 0 Å². The number of primary amides is 3. The van der Waals surface area contributed by atoms with E-state index in [-0.39, 0.29) is 93.7 Å². The van der Waals surface area contributed by atoms with Crippen LogP contribution in [-0.4, -0.2) is 76.8 Å². The van der Waals surface area contributed by atoms with Crippen molar-refractivity contribution < 1.29 is 95.5 Å². The number of carbonyl (C=O) groups excluding carboxylic acids is 6. The summed E-state index contributed by atoms with van der Waals surface area (Å²) in [6.07, 6.45) is -1.12. The number of aliphatic carboxylic acids is 3. The van der Waals surface area contributed by atoms with E-state index in [0.29, 0.717) is 0 Å². The molecule has 15 nitrogen and oxygen atoms in total. The van der Waals surface area contributed by atoms with Gasteiger partial charge in [-0.1, -0.05) is 0 Å². The fraction of sp³-hybridized carbons (Fsp3) is 0.500. The predicted octanol–water partition coefficient (Wildman–Crippen LogP) is -12.6.